The van der Waals surface area contributed by atoms with Crippen LogP contribution in [0.4, 0.5) is 5.00 Å². The van der Waals surface area contributed by atoms with Crippen LogP contribution in [0.15, 0.2) is 34.8 Å². The van der Waals surface area contributed by atoms with Crippen molar-refractivity contribution in [2.75, 3.05) is 11.9 Å². The number of benzene rings is 1. The maximum absolute atomic E-state index is 12.6. The lowest BCUT2D eigenvalue weighted by molar-refractivity contribution is -0.112. The molecule has 0 aliphatic heterocycles. The highest BCUT2D eigenvalue weighted by Crippen LogP contribution is 2.39. The summed E-state index contributed by atoms with van der Waals surface area (Å²) >= 11 is 4.83. The molecule has 1 aliphatic rings. The number of anilines is 1. The van der Waals surface area contributed by atoms with E-state index in [2.05, 4.69) is 21.2 Å². The van der Waals surface area contributed by atoms with Gasteiger partial charge in [0.15, 0.2) is 0 Å². The molecule has 4 nitrogen and oxygen atoms in total. The van der Waals surface area contributed by atoms with Gasteiger partial charge in [0.2, 0.25) is 0 Å². The van der Waals surface area contributed by atoms with Crippen molar-refractivity contribution in [3.05, 3.63) is 56.4 Å². The number of fused-ring (bicyclic) bond motifs is 1. The van der Waals surface area contributed by atoms with Gasteiger partial charge in [-0.3, -0.25) is 4.79 Å². The molecule has 0 atom stereocenters. The molecule has 1 aliphatic carbocycles. The van der Waals surface area contributed by atoms with Gasteiger partial charge in [0, 0.05) is 4.88 Å². The SMILES string of the molecule is CCOC(=O)c1c(NC(=O)/C(Br)=C/c2ccccc2)sc2c1CCCC2. The van der Waals surface area contributed by atoms with Crippen molar-refractivity contribution in [1.82, 2.24) is 0 Å². The first kappa shape index (κ1) is 18.9. The second-order valence-electron chi connectivity index (χ2n) is 5.99. The molecule has 6 heteroatoms. The van der Waals surface area contributed by atoms with Gasteiger partial charge in [-0.05, 0) is 65.7 Å². The van der Waals surface area contributed by atoms with Crippen LogP contribution in [0.3, 0.4) is 0 Å². The summed E-state index contributed by atoms with van der Waals surface area (Å²) in [4.78, 5) is 26.2. The van der Waals surface area contributed by atoms with Crippen molar-refractivity contribution in [1.29, 1.82) is 0 Å². The number of amides is 1. The average Bonchev–Trinajstić information content (AvgIpc) is 3.00. The van der Waals surface area contributed by atoms with Crippen LogP contribution in [0.2, 0.25) is 0 Å². The normalized spacial score (nSPS) is 13.8. The third kappa shape index (κ3) is 4.24. The molecule has 1 aromatic carbocycles. The molecule has 2 aromatic rings. The number of halogens is 1. The van der Waals surface area contributed by atoms with E-state index in [1.807, 2.05) is 30.3 Å². The van der Waals surface area contributed by atoms with E-state index in [1.165, 1.54) is 16.2 Å². The zero-order valence-electron chi connectivity index (χ0n) is 14.5. The summed E-state index contributed by atoms with van der Waals surface area (Å²) in [6.07, 6.45) is 5.73. The number of aryl methyl sites for hydroxylation is 1. The highest BCUT2D eigenvalue weighted by atomic mass is 79.9. The van der Waals surface area contributed by atoms with Crippen LogP contribution in [0, 0.1) is 0 Å². The lowest BCUT2D eigenvalue weighted by atomic mass is 9.95. The van der Waals surface area contributed by atoms with Gasteiger partial charge in [-0.25, -0.2) is 4.79 Å². The molecule has 1 N–H and O–H groups in total. The number of rotatable bonds is 5. The van der Waals surface area contributed by atoms with E-state index in [1.54, 1.807) is 13.0 Å². The van der Waals surface area contributed by atoms with E-state index in [9.17, 15) is 9.59 Å². The summed E-state index contributed by atoms with van der Waals surface area (Å²) in [6, 6.07) is 9.59. The van der Waals surface area contributed by atoms with Gasteiger partial charge in [-0.15, -0.1) is 11.3 Å². The molecule has 136 valence electrons. The van der Waals surface area contributed by atoms with Crippen LogP contribution in [-0.4, -0.2) is 18.5 Å². The van der Waals surface area contributed by atoms with Crippen LogP contribution in [0.5, 0.6) is 0 Å². The molecule has 0 bridgehead atoms. The Morgan fingerprint density at radius 2 is 1.96 bits per heavy atom. The fraction of sp³-hybridized carbons (Fsp3) is 0.300. The van der Waals surface area contributed by atoms with E-state index in [-0.39, 0.29) is 11.9 Å². The number of ether oxygens (including phenoxy) is 1. The first-order chi connectivity index (χ1) is 12.6. The number of hydrogen-bond acceptors (Lipinski definition) is 4. The summed E-state index contributed by atoms with van der Waals surface area (Å²) in [7, 11) is 0. The number of esters is 1. The third-order valence-corrected chi connectivity index (χ3v) is 5.98. The number of thiophene rings is 1. The summed E-state index contributed by atoms with van der Waals surface area (Å²) in [5.41, 5.74) is 2.49. The molecule has 0 unspecified atom stereocenters. The largest absolute Gasteiger partial charge is 0.462 e. The monoisotopic (exact) mass is 433 g/mol. The Morgan fingerprint density at radius 1 is 1.23 bits per heavy atom. The maximum Gasteiger partial charge on any atom is 0.341 e. The summed E-state index contributed by atoms with van der Waals surface area (Å²) in [6.45, 7) is 2.10. The first-order valence-corrected chi connectivity index (χ1v) is 10.3. The molecule has 26 heavy (non-hydrogen) atoms. The quantitative estimate of drug-likeness (QED) is 0.521. The second-order valence-corrected chi connectivity index (χ2v) is 7.95. The van der Waals surface area contributed by atoms with Crippen LogP contribution in [0.1, 0.15) is 46.1 Å². The molecular weight excluding hydrogens is 414 g/mol. The van der Waals surface area contributed by atoms with Crippen molar-refractivity contribution in [2.24, 2.45) is 0 Å². The minimum atomic E-state index is -0.356. The fourth-order valence-electron chi connectivity index (χ4n) is 3.00. The Morgan fingerprint density at radius 3 is 2.69 bits per heavy atom. The van der Waals surface area contributed by atoms with Crippen molar-refractivity contribution in [3.63, 3.8) is 0 Å². The standard InChI is InChI=1S/C20H20BrNO3S/c1-2-25-20(24)17-14-10-6-7-11-16(14)26-19(17)22-18(23)15(21)12-13-8-4-3-5-9-13/h3-5,8-9,12H,2,6-7,10-11H2,1H3,(H,22,23)/b15-12-. The molecular formula is C20H20BrNO3S. The predicted octanol–water partition coefficient (Wildman–Crippen LogP) is 5.18. The van der Waals surface area contributed by atoms with Gasteiger partial charge in [-0.1, -0.05) is 30.3 Å². The van der Waals surface area contributed by atoms with Crippen molar-refractivity contribution >= 4 is 50.2 Å². The van der Waals surface area contributed by atoms with E-state index in [4.69, 9.17) is 4.74 Å². The van der Waals surface area contributed by atoms with Crippen LogP contribution < -0.4 is 5.32 Å². The fourth-order valence-corrected chi connectivity index (χ4v) is 4.63. The van der Waals surface area contributed by atoms with Crippen molar-refractivity contribution in [2.45, 2.75) is 32.6 Å². The maximum atomic E-state index is 12.6. The Balaban J connectivity index is 1.87. The molecule has 1 amide bonds. The minimum absolute atomic E-state index is 0.280. The van der Waals surface area contributed by atoms with Gasteiger partial charge in [-0.2, -0.15) is 0 Å². The van der Waals surface area contributed by atoms with Gasteiger partial charge < -0.3 is 10.1 Å². The lowest BCUT2D eigenvalue weighted by Gasteiger charge is -2.12. The number of carbonyl (C=O) groups is 2. The lowest BCUT2D eigenvalue weighted by Crippen LogP contribution is -2.15. The van der Waals surface area contributed by atoms with Gasteiger partial charge >= 0.3 is 5.97 Å². The molecule has 0 spiro atoms. The molecule has 3 rings (SSSR count). The van der Waals surface area contributed by atoms with Crippen LogP contribution in [-0.2, 0) is 22.4 Å². The minimum Gasteiger partial charge on any atom is -0.462 e. The van der Waals surface area contributed by atoms with Crippen LogP contribution in [0.25, 0.3) is 6.08 Å². The smallest absolute Gasteiger partial charge is 0.341 e. The highest BCUT2D eigenvalue weighted by molar-refractivity contribution is 9.12. The molecule has 0 saturated heterocycles. The number of hydrogen-bond donors (Lipinski definition) is 1. The molecule has 0 saturated carbocycles. The third-order valence-electron chi connectivity index (χ3n) is 4.19. The first-order valence-electron chi connectivity index (χ1n) is 8.65. The van der Waals surface area contributed by atoms with Crippen LogP contribution >= 0.6 is 27.3 Å². The topological polar surface area (TPSA) is 55.4 Å². The van der Waals surface area contributed by atoms with Crippen molar-refractivity contribution in [3.8, 4) is 0 Å². The van der Waals surface area contributed by atoms with Gasteiger partial charge in [0.1, 0.15) is 5.00 Å². The Hall–Kier alpha value is -1.92. The predicted molar refractivity (Wildman–Crippen MR) is 109 cm³/mol. The summed E-state index contributed by atoms with van der Waals surface area (Å²) in [5.74, 6) is -0.636. The molecule has 0 fully saturated rings. The van der Waals surface area contributed by atoms with Gasteiger partial charge in [0.25, 0.3) is 5.91 Å². The van der Waals surface area contributed by atoms with E-state index in [0.717, 1.165) is 36.8 Å². The zero-order valence-corrected chi connectivity index (χ0v) is 16.9. The van der Waals surface area contributed by atoms with Crippen molar-refractivity contribution < 1.29 is 14.3 Å². The second kappa shape index (κ2) is 8.64. The van der Waals surface area contributed by atoms with E-state index < -0.39 is 0 Å². The highest BCUT2D eigenvalue weighted by Gasteiger charge is 2.27. The zero-order chi connectivity index (χ0) is 18.5. The number of carbonyl (C=O) groups excluding carboxylic acids is 2. The molecule has 1 aromatic heterocycles. The Kier molecular flexibility index (Phi) is 6.27. The van der Waals surface area contributed by atoms with E-state index >= 15 is 0 Å². The van der Waals surface area contributed by atoms with E-state index in [0.29, 0.717) is 21.7 Å². The Bertz CT molecular complexity index is 842. The molecule has 1 heterocycles. The summed E-state index contributed by atoms with van der Waals surface area (Å²) < 4.78 is 5.63. The van der Waals surface area contributed by atoms with Gasteiger partial charge in [0.05, 0.1) is 16.7 Å². The average molecular weight is 434 g/mol. The molecule has 0 radical (unpaired) electrons. The summed E-state index contributed by atoms with van der Waals surface area (Å²) in [5, 5.41) is 3.47. The Labute approximate surface area is 165 Å². The number of nitrogens with one attached hydrogen (secondary N) is 1.